The molecular weight excluding hydrogens is 162 g/mol. The lowest BCUT2D eigenvalue weighted by atomic mass is 10.3. The van der Waals surface area contributed by atoms with Crippen LogP contribution in [0.4, 0.5) is 5.69 Å². The van der Waals surface area contributed by atoms with Crippen LogP contribution in [-0.2, 0) is 0 Å². The Morgan fingerprint density at radius 2 is 1.83 bits per heavy atom. The second kappa shape index (κ2) is 2.02. The third-order valence-corrected chi connectivity index (χ3v) is 1.45. The van der Waals surface area contributed by atoms with Crippen LogP contribution in [0.3, 0.4) is 0 Å². The number of aliphatic hydroxyl groups is 2. The predicted octanol–water partition coefficient (Wildman–Crippen LogP) is -0.364. The molecule has 4 N–H and O–H groups in total. The van der Waals surface area contributed by atoms with Crippen molar-refractivity contribution < 1.29 is 19.7 Å². The maximum atomic E-state index is 8.88. The summed E-state index contributed by atoms with van der Waals surface area (Å²) in [6.45, 7) is 0. The summed E-state index contributed by atoms with van der Waals surface area (Å²) in [5.74, 6) is 0.481. The van der Waals surface area contributed by atoms with E-state index in [0.717, 1.165) is 0 Å². The van der Waals surface area contributed by atoms with Crippen LogP contribution in [-0.4, -0.2) is 16.4 Å². The van der Waals surface area contributed by atoms with Crippen molar-refractivity contribution in [1.29, 1.82) is 0 Å². The molecule has 1 aliphatic rings. The van der Waals surface area contributed by atoms with Crippen molar-refractivity contribution in [2.45, 2.75) is 6.16 Å². The van der Waals surface area contributed by atoms with E-state index in [4.69, 9.17) is 15.9 Å². The molecule has 0 radical (unpaired) electrons. The second-order valence-electron chi connectivity index (χ2n) is 2.46. The van der Waals surface area contributed by atoms with Gasteiger partial charge in [-0.1, -0.05) is 0 Å². The van der Waals surface area contributed by atoms with E-state index in [9.17, 15) is 0 Å². The first-order valence-corrected chi connectivity index (χ1v) is 3.29. The normalized spacial score (nSPS) is 17.8. The van der Waals surface area contributed by atoms with E-state index in [1.54, 1.807) is 6.07 Å². The summed E-state index contributed by atoms with van der Waals surface area (Å²) in [4.78, 5) is 0. The molecule has 12 heavy (non-hydrogen) atoms. The summed E-state index contributed by atoms with van der Waals surface area (Å²) in [6, 6.07) is 4.52. The summed E-state index contributed by atoms with van der Waals surface area (Å²) in [5.41, 5.74) is 5.89. The minimum Gasteiger partial charge on any atom is -0.403 e. The molecule has 1 aliphatic heterocycles. The van der Waals surface area contributed by atoms with Gasteiger partial charge in [-0.25, -0.2) is 0 Å². The summed E-state index contributed by atoms with van der Waals surface area (Å²) in [6.07, 6.45) is -2.56. The van der Waals surface area contributed by atoms with Gasteiger partial charge in [0.05, 0.1) is 0 Å². The first-order valence-electron chi connectivity index (χ1n) is 3.29. The molecule has 0 atom stereocenters. The fraction of sp³-hybridized carbons (Fsp3) is 0.143. The van der Waals surface area contributed by atoms with Crippen molar-refractivity contribution in [3.05, 3.63) is 18.2 Å². The van der Waals surface area contributed by atoms with Gasteiger partial charge >= 0.3 is 6.16 Å². The van der Waals surface area contributed by atoms with Gasteiger partial charge in [-0.15, -0.1) is 0 Å². The number of nitrogen functional groups attached to an aromatic ring is 1. The Kier molecular flexibility index (Phi) is 1.22. The van der Waals surface area contributed by atoms with E-state index in [2.05, 4.69) is 9.47 Å². The van der Waals surface area contributed by atoms with Gasteiger partial charge in [0, 0.05) is 11.8 Å². The van der Waals surface area contributed by atoms with Crippen LogP contribution in [0.15, 0.2) is 18.2 Å². The smallest absolute Gasteiger partial charge is 0.403 e. The number of nitrogens with two attached hydrogens (primary N) is 1. The highest BCUT2D eigenvalue weighted by Crippen LogP contribution is 2.38. The van der Waals surface area contributed by atoms with Crippen LogP contribution in [0.2, 0.25) is 0 Å². The average Bonchev–Trinajstić information content (AvgIpc) is 2.21. The van der Waals surface area contributed by atoms with E-state index in [1.807, 2.05) is 0 Å². The van der Waals surface area contributed by atoms with Gasteiger partial charge in [0.1, 0.15) is 0 Å². The molecule has 1 aromatic carbocycles. The molecule has 0 aliphatic carbocycles. The van der Waals surface area contributed by atoms with Crippen LogP contribution in [0.25, 0.3) is 0 Å². The average molecular weight is 169 g/mol. The van der Waals surface area contributed by atoms with Crippen molar-refractivity contribution in [2.24, 2.45) is 0 Å². The number of fused-ring (bicyclic) bond motifs is 1. The lowest BCUT2D eigenvalue weighted by molar-refractivity contribution is -0.385. The predicted molar refractivity (Wildman–Crippen MR) is 39.3 cm³/mol. The third kappa shape index (κ3) is 1.05. The van der Waals surface area contributed by atoms with Crippen LogP contribution in [0.5, 0.6) is 11.5 Å². The fourth-order valence-corrected chi connectivity index (χ4v) is 0.996. The first-order chi connectivity index (χ1) is 5.57. The zero-order valence-electron chi connectivity index (χ0n) is 6.02. The van der Waals surface area contributed by atoms with Gasteiger partial charge in [-0.3, -0.25) is 10.2 Å². The Labute approximate surface area is 67.9 Å². The van der Waals surface area contributed by atoms with Gasteiger partial charge in [-0.05, 0) is 12.1 Å². The topological polar surface area (TPSA) is 84.9 Å². The molecule has 1 heterocycles. The highest BCUT2D eigenvalue weighted by molar-refractivity contribution is 5.53. The number of anilines is 1. The Morgan fingerprint density at radius 1 is 1.17 bits per heavy atom. The van der Waals surface area contributed by atoms with Gasteiger partial charge < -0.3 is 15.2 Å². The Balaban J connectivity index is 2.43. The molecule has 1 aromatic rings. The van der Waals surface area contributed by atoms with Gasteiger partial charge in [0.15, 0.2) is 11.5 Å². The number of hydrogen-bond acceptors (Lipinski definition) is 5. The summed E-state index contributed by atoms with van der Waals surface area (Å²) < 4.78 is 9.17. The molecule has 0 unspecified atom stereocenters. The number of ether oxygens (including phenoxy) is 2. The molecule has 0 aromatic heterocycles. The SMILES string of the molecule is Nc1ccc2c(c1)OC(O)(O)O2. The van der Waals surface area contributed by atoms with Crippen molar-refractivity contribution in [2.75, 3.05) is 5.73 Å². The van der Waals surface area contributed by atoms with E-state index in [-0.39, 0.29) is 11.5 Å². The third-order valence-electron chi connectivity index (χ3n) is 1.45. The Hall–Kier alpha value is -1.46. The molecule has 0 bridgehead atoms. The molecule has 2 rings (SSSR count). The van der Waals surface area contributed by atoms with Gasteiger partial charge in [-0.2, -0.15) is 0 Å². The van der Waals surface area contributed by atoms with E-state index >= 15 is 0 Å². The monoisotopic (exact) mass is 169 g/mol. The standard InChI is InChI=1S/C7H7NO4/c8-4-1-2-5-6(3-4)12-7(9,10)11-5/h1-3,9-10H,8H2. The van der Waals surface area contributed by atoms with E-state index in [1.165, 1.54) is 12.1 Å². The van der Waals surface area contributed by atoms with Gasteiger partial charge in [0.2, 0.25) is 0 Å². The van der Waals surface area contributed by atoms with Crippen molar-refractivity contribution >= 4 is 5.69 Å². The molecule has 64 valence electrons. The quantitative estimate of drug-likeness (QED) is 0.364. The lowest BCUT2D eigenvalue weighted by Crippen LogP contribution is -2.37. The van der Waals surface area contributed by atoms with Crippen LogP contribution < -0.4 is 15.2 Å². The van der Waals surface area contributed by atoms with Crippen molar-refractivity contribution in [3.8, 4) is 11.5 Å². The summed E-state index contributed by atoms with van der Waals surface area (Å²) in [5, 5.41) is 17.8. The number of hydrogen-bond donors (Lipinski definition) is 3. The zero-order valence-corrected chi connectivity index (χ0v) is 6.02. The number of rotatable bonds is 0. The zero-order chi connectivity index (χ0) is 8.77. The highest BCUT2D eigenvalue weighted by Gasteiger charge is 2.37. The molecule has 0 amide bonds. The van der Waals surface area contributed by atoms with Crippen molar-refractivity contribution in [1.82, 2.24) is 0 Å². The molecular formula is C7H7NO4. The lowest BCUT2D eigenvalue weighted by Gasteiger charge is -2.10. The minimum atomic E-state index is -2.56. The molecule has 0 saturated heterocycles. The van der Waals surface area contributed by atoms with E-state index < -0.39 is 6.16 Å². The Morgan fingerprint density at radius 3 is 2.58 bits per heavy atom. The maximum Gasteiger partial charge on any atom is 0.505 e. The first kappa shape index (κ1) is 7.20. The van der Waals surface area contributed by atoms with Gasteiger partial charge in [0.25, 0.3) is 0 Å². The van der Waals surface area contributed by atoms with Crippen molar-refractivity contribution in [3.63, 3.8) is 0 Å². The second-order valence-corrected chi connectivity index (χ2v) is 2.46. The largest absolute Gasteiger partial charge is 0.505 e. The fourth-order valence-electron chi connectivity index (χ4n) is 0.996. The molecule has 0 saturated carbocycles. The minimum absolute atomic E-state index is 0.222. The summed E-state index contributed by atoms with van der Waals surface area (Å²) in [7, 11) is 0. The Bertz CT molecular complexity index is 323. The van der Waals surface area contributed by atoms with Crippen LogP contribution in [0, 0.1) is 0 Å². The van der Waals surface area contributed by atoms with E-state index in [0.29, 0.717) is 5.69 Å². The molecule has 0 spiro atoms. The highest BCUT2D eigenvalue weighted by atomic mass is 17.0. The molecule has 5 nitrogen and oxygen atoms in total. The summed E-state index contributed by atoms with van der Waals surface area (Å²) >= 11 is 0. The van der Waals surface area contributed by atoms with Crippen LogP contribution in [0.1, 0.15) is 0 Å². The number of benzene rings is 1. The molecule has 0 fully saturated rings. The van der Waals surface area contributed by atoms with Crippen LogP contribution >= 0.6 is 0 Å². The molecule has 5 heteroatoms. The maximum absolute atomic E-state index is 8.88.